The lowest BCUT2D eigenvalue weighted by molar-refractivity contribution is 0.176. The van der Waals surface area contributed by atoms with Crippen molar-refractivity contribution in [2.75, 3.05) is 17.6 Å². The van der Waals surface area contributed by atoms with Crippen LogP contribution in [0.25, 0.3) is 0 Å². The third-order valence-corrected chi connectivity index (χ3v) is 3.27. The number of rotatable bonds is 7. The van der Waals surface area contributed by atoms with Gasteiger partial charge in [0.2, 0.25) is 0 Å². The Labute approximate surface area is 124 Å². The van der Waals surface area contributed by atoms with E-state index in [0.29, 0.717) is 13.0 Å². The summed E-state index contributed by atoms with van der Waals surface area (Å²) < 4.78 is 2.42. The van der Waals surface area contributed by atoms with Crippen molar-refractivity contribution in [1.29, 1.82) is 0 Å². The van der Waals surface area contributed by atoms with Gasteiger partial charge in [-0.1, -0.05) is 27.2 Å². The minimum atomic E-state index is -0.551. The first kappa shape index (κ1) is 17.3. The van der Waals surface area contributed by atoms with Crippen LogP contribution in [0.5, 0.6) is 0 Å². The molecule has 7 heteroatoms. The van der Waals surface area contributed by atoms with Gasteiger partial charge in [0.05, 0.1) is 6.10 Å². The lowest BCUT2D eigenvalue weighted by Gasteiger charge is -2.18. The summed E-state index contributed by atoms with van der Waals surface area (Å²) in [5.41, 5.74) is 5.25. The molecule has 1 atom stereocenters. The fraction of sp³-hybridized carbons (Fsp3) is 0.714. The van der Waals surface area contributed by atoms with Gasteiger partial charge in [0.15, 0.2) is 0 Å². The van der Waals surface area contributed by atoms with Gasteiger partial charge in [-0.05, 0) is 12.3 Å². The van der Waals surface area contributed by atoms with Crippen LogP contribution in [0.3, 0.4) is 0 Å². The number of hydrogen-bond acceptors (Lipinski definition) is 5. The summed E-state index contributed by atoms with van der Waals surface area (Å²) in [6.45, 7) is 6.57. The Morgan fingerprint density at radius 3 is 2.48 bits per heavy atom. The molecule has 0 spiro atoms. The summed E-state index contributed by atoms with van der Waals surface area (Å²) in [4.78, 5) is 24.3. The molecule has 0 saturated carbocycles. The fourth-order valence-corrected chi connectivity index (χ4v) is 2.15. The molecule has 1 aromatic rings. The molecular weight excluding hydrogens is 272 g/mol. The van der Waals surface area contributed by atoms with Crippen molar-refractivity contribution in [1.82, 2.24) is 9.13 Å². The van der Waals surface area contributed by atoms with E-state index < -0.39 is 17.4 Å². The van der Waals surface area contributed by atoms with E-state index in [4.69, 9.17) is 5.73 Å². The molecule has 0 amide bonds. The van der Waals surface area contributed by atoms with E-state index >= 15 is 0 Å². The summed E-state index contributed by atoms with van der Waals surface area (Å²) in [5.74, 6) is 0.349. The number of anilines is 2. The molecule has 21 heavy (non-hydrogen) atoms. The first-order valence-electron chi connectivity index (χ1n) is 7.30. The minimum Gasteiger partial charge on any atom is -0.391 e. The van der Waals surface area contributed by atoms with Crippen molar-refractivity contribution >= 4 is 11.5 Å². The molecule has 1 unspecified atom stereocenters. The van der Waals surface area contributed by atoms with Crippen LogP contribution < -0.4 is 22.3 Å². The molecule has 0 bridgehead atoms. The van der Waals surface area contributed by atoms with E-state index in [1.165, 1.54) is 11.6 Å². The normalized spacial score (nSPS) is 12.7. The molecule has 0 fully saturated rings. The predicted octanol–water partition coefficient (Wildman–Crippen LogP) is 0.358. The monoisotopic (exact) mass is 298 g/mol. The van der Waals surface area contributed by atoms with Gasteiger partial charge in [-0.2, -0.15) is 0 Å². The zero-order valence-corrected chi connectivity index (χ0v) is 13.2. The van der Waals surface area contributed by atoms with Crippen molar-refractivity contribution in [2.24, 2.45) is 13.0 Å². The van der Waals surface area contributed by atoms with Crippen LogP contribution in [0.4, 0.5) is 11.5 Å². The Hall–Kier alpha value is -1.76. The van der Waals surface area contributed by atoms with E-state index in [1.807, 2.05) is 20.8 Å². The number of nitrogen functional groups attached to an aromatic ring is 1. The van der Waals surface area contributed by atoms with Crippen molar-refractivity contribution in [3.05, 3.63) is 20.8 Å². The molecule has 7 nitrogen and oxygen atoms in total. The fourth-order valence-electron chi connectivity index (χ4n) is 2.15. The topological polar surface area (TPSA) is 102 Å². The molecule has 1 aromatic heterocycles. The maximum Gasteiger partial charge on any atom is 0.332 e. The van der Waals surface area contributed by atoms with Crippen LogP contribution in [0, 0.1) is 5.92 Å². The number of nitrogens with two attached hydrogens (primary N) is 1. The first-order chi connectivity index (χ1) is 9.79. The molecule has 0 saturated heterocycles. The molecule has 0 aliphatic heterocycles. The number of aliphatic hydroxyl groups excluding tert-OH is 1. The van der Waals surface area contributed by atoms with Gasteiger partial charge >= 0.3 is 5.69 Å². The highest BCUT2D eigenvalue weighted by Crippen LogP contribution is 2.13. The van der Waals surface area contributed by atoms with E-state index in [1.54, 1.807) is 0 Å². The summed E-state index contributed by atoms with van der Waals surface area (Å²) in [6, 6.07) is 0. The Bertz CT molecular complexity index is 589. The van der Waals surface area contributed by atoms with Crippen LogP contribution in [0.1, 0.15) is 33.6 Å². The van der Waals surface area contributed by atoms with Gasteiger partial charge in [-0.15, -0.1) is 0 Å². The molecule has 0 aliphatic rings. The largest absolute Gasteiger partial charge is 0.391 e. The van der Waals surface area contributed by atoms with Crippen LogP contribution in [0.15, 0.2) is 9.59 Å². The number of aliphatic hydroxyl groups is 1. The van der Waals surface area contributed by atoms with Crippen molar-refractivity contribution in [3.8, 4) is 0 Å². The van der Waals surface area contributed by atoms with Crippen molar-refractivity contribution in [2.45, 2.75) is 46.3 Å². The summed E-state index contributed by atoms with van der Waals surface area (Å²) >= 11 is 0. The average Bonchev–Trinajstić information content (AvgIpc) is 2.41. The van der Waals surface area contributed by atoms with Crippen molar-refractivity contribution in [3.63, 3.8) is 0 Å². The molecule has 4 N–H and O–H groups in total. The van der Waals surface area contributed by atoms with Gasteiger partial charge in [0.25, 0.3) is 5.56 Å². The summed E-state index contributed by atoms with van der Waals surface area (Å²) in [6.07, 6.45) is 0.937. The second-order valence-corrected chi connectivity index (χ2v) is 5.73. The second-order valence-electron chi connectivity index (χ2n) is 5.73. The maximum atomic E-state index is 12.1. The Balaban J connectivity index is 3.17. The van der Waals surface area contributed by atoms with Crippen LogP contribution in [0.2, 0.25) is 0 Å². The number of nitrogens with one attached hydrogen (secondary N) is 1. The lowest BCUT2D eigenvalue weighted by atomic mass is 10.2. The average molecular weight is 298 g/mol. The molecule has 0 radical (unpaired) electrons. The van der Waals surface area contributed by atoms with Gasteiger partial charge in [0.1, 0.15) is 11.5 Å². The van der Waals surface area contributed by atoms with Gasteiger partial charge < -0.3 is 16.2 Å². The SMILES string of the molecule is CCCC(O)CNc1c(N)n(CC(C)C)c(=O)n(C)c1=O. The molecule has 1 heterocycles. The van der Waals surface area contributed by atoms with Gasteiger partial charge in [-0.3, -0.25) is 13.9 Å². The third kappa shape index (κ3) is 4.10. The lowest BCUT2D eigenvalue weighted by Crippen LogP contribution is -2.42. The van der Waals surface area contributed by atoms with Crippen molar-refractivity contribution < 1.29 is 5.11 Å². The van der Waals surface area contributed by atoms with Gasteiger partial charge in [-0.25, -0.2) is 4.79 Å². The zero-order valence-electron chi connectivity index (χ0n) is 13.2. The van der Waals surface area contributed by atoms with Gasteiger partial charge in [0, 0.05) is 20.1 Å². The summed E-state index contributed by atoms with van der Waals surface area (Å²) in [7, 11) is 1.43. The van der Waals surface area contributed by atoms with Crippen LogP contribution in [-0.4, -0.2) is 26.9 Å². The molecule has 0 aromatic carbocycles. The van der Waals surface area contributed by atoms with Crippen LogP contribution >= 0.6 is 0 Å². The second kappa shape index (κ2) is 7.31. The highest BCUT2D eigenvalue weighted by molar-refractivity contribution is 5.60. The predicted molar refractivity (Wildman–Crippen MR) is 84.6 cm³/mol. The minimum absolute atomic E-state index is 0.125. The smallest absolute Gasteiger partial charge is 0.332 e. The third-order valence-electron chi connectivity index (χ3n) is 3.27. The van der Waals surface area contributed by atoms with E-state index in [-0.39, 0.29) is 24.0 Å². The summed E-state index contributed by atoms with van der Waals surface area (Å²) in [5, 5.41) is 12.6. The van der Waals surface area contributed by atoms with E-state index in [9.17, 15) is 14.7 Å². The number of aromatic nitrogens is 2. The van der Waals surface area contributed by atoms with E-state index in [0.717, 1.165) is 11.0 Å². The Kier molecular flexibility index (Phi) is 6.02. The molecule has 0 aliphatic carbocycles. The molecule has 1 rings (SSSR count). The van der Waals surface area contributed by atoms with E-state index in [2.05, 4.69) is 5.32 Å². The maximum absolute atomic E-state index is 12.1. The molecular formula is C14H26N4O3. The standard InChI is InChI=1S/C14H26N4O3/c1-5-6-10(19)7-16-11-12(15)18(8-9(2)3)14(21)17(4)13(11)20/h9-10,16,19H,5-8,15H2,1-4H3. The Morgan fingerprint density at radius 1 is 1.33 bits per heavy atom. The van der Waals surface area contributed by atoms with Crippen LogP contribution in [-0.2, 0) is 13.6 Å². The quantitative estimate of drug-likeness (QED) is 0.674. The highest BCUT2D eigenvalue weighted by Gasteiger charge is 2.16. The Morgan fingerprint density at radius 2 is 1.95 bits per heavy atom. The highest BCUT2D eigenvalue weighted by atomic mass is 16.3. The molecule has 120 valence electrons. The first-order valence-corrected chi connectivity index (χ1v) is 7.30. The number of nitrogens with zero attached hydrogens (tertiary/aromatic N) is 2. The number of hydrogen-bond donors (Lipinski definition) is 3. The zero-order chi connectivity index (χ0) is 16.2.